The van der Waals surface area contributed by atoms with Crippen LogP contribution in [0.25, 0.3) is 16.8 Å². The minimum atomic E-state index is -4.30. The van der Waals surface area contributed by atoms with Crippen molar-refractivity contribution in [3.63, 3.8) is 0 Å². The summed E-state index contributed by atoms with van der Waals surface area (Å²) in [6.07, 6.45) is 8.00. The standard InChI is InChI=1S/C25H23N2O3P.2ClH/c1-19-6-5-7-20(2)25(19)27-16-12-22(13-17-27)21-10-14-26(15-11-21)18-23-8-3-4-9-24(23)31(28,29)30;;/h3-17H,18H2,1-2H3;2*1H. The molecule has 0 fully saturated rings. The van der Waals surface area contributed by atoms with Gasteiger partial charge in [0.1, 0.15) is 0 Å². The Bertz CT molecular complexity index is 1250. The monoisotopic (exact) mass is 502 g/mol. The second kappa shape index (κ2) is 11.1. The Hall–Kier alpha value is -2.53. The number of hydrogen-bond donors (Lipinski definition) is 2. The number of benzene rings is 2. The molecular weight excluding hydrogens is 478 g/mol. The highest BCUT2D eigenvalue weighted by Gasteiger charge is 2.22. The fourth-order valence-corrected chi connectivity index (χ4v) is 4.66. The van der Waals surface area contributed by atoms with Gasteiger partial charge in [0.2, 0.25) is 5.69 Å². The van der Waals surface area contributed by atoms with Crippen molar-refractivity contribution in [3.8, 4) is 16.8 Å². The minimum Gasteiger partial charge on any atom is -1.00 e. The summed E-state index contributed by atoms with van der Waals surface area (Å²) in [5.41, 5.74) is 6.45. The first-order valence-corrected chi connectivity index (χ1v) is 11.7. The van der Waals surface area contributed by atoms with Crippen LogP contribution in [0.15, 0.2) is 91.5 Å². The quantitative estimate of drug-likeness (QED) is 0.232. The Kier molecular flexibility index (Phi) is 8.96. The molecule has 0 radical (unpaired) electrons. The van der Waals surface area contributed by atoms with Gasteiger partial charge in [0.15, 0.2) is 31.3 Å². The van der Waals surface area contributed by atoms with Gasteiger partial charge < -0.3 is 34.6 Å². The molecule has 2 N–H and O–H groups in total. The lowest BCUT2D eigenvalue weighted by Crippen LogP contribution is -3.00. The summed E-state index contributed by atoms with van der Waals surface area (Å²) in [4.78, 5) is 19.2. The molecule has 0 amide bonds. The molecule has 4 rings (SSSR count). The molecule has 172 valence electrons. The smallest absolute Gasteiger partial charge is 0.356 e. The van der Waals surface area contributed by atoms with E-state index in [-0.39, 0.29) is 30.1 Å². The van der Waals surface area contributed by atoms with E-state index in [2.05, 4.69) is 61.1 Å². The van der Waals surface area contributed by atoms with Crippen molar-refractivity contribution >= 4 is 12.9 Å². The van der Waals surface area contributed by atoms with E-state index in [9.17, 15) is 14.4 Å². The highest BCUT2D eigenvalue weighted by molar-refractivity contribution is 7.60. The van der Waals surface area contributed by atoms with Crippen LogP contribution in [-0.2, 0) is 11.1 Å². The molecule has 0 bridgehead atoms. The van der Waals surface area contributed by atoms with Gasteiger partial charge in [0.25, 0.3) is 0 Å². The Morgan fingerprint density at radius 3 is 1.79 bits per heavy atom. The Morgan fingerprint density at radius 1 is 0.727 bits per heavy atom. The van der Waals surface area contributed by atoms with Crippen molar-refractivity contribution in [1.29, 1.82) is 0 Å². The summed E-state index contributed by atoms with van der Waals surface area (Å²) in [5.74, 6) is 0. The molecule has 5 nitrogen and oxygen atoms in total. The summed E-state index contributed by atoms with van der Waals surface area (Å²) >= 11 is 0. The molecule has 0 aliphatic carbocycles. The van der Waals surface area contributed by atoms with E-state index >= 15 is 0 Å². The van der Waals surface area contributed by atoms with Crippen LogP contribution >= 0.6 is 7.60 Å². The molecule has 4 aromatic rings. The van der Waals surface area contributed by atoms with E-state index in [1.54, 1.807) is 18.2 Å². The molecule has 2 heterocycles. The lowest BCUT2D eigenvalue weighted by atomic mass is 10.1. The number of halogens is 2. The van der Waals surface area contributed by atoms with Crippen LogP contribution in [0.2, 0.25) is 0 Å². The fraction of sp³-hybridized carbons (Fsp3) is 0.120. The molecule has 0 spiro atoms. The summed E-state index contributed by atoms with van der Waals surface area (Å²) in [6.45, 7) is 4.62. The molecule has 0 aliphatic rings. The third-order valence-corrected chi connectivity index (χ3v) is 6.47. The Morgan fingerprint density at radius 2 is 1.24 bits per heavy atom. The zero-order chi connectivity index (χ0) is 22.0. The van der Waals surface area contributed by atoms with Crippen LogP contribution in [-0.4, -0.2) is 9.79 Å². The molecule has 0 aliphatic heterocycles. The molecule has 0 saturated carbocycles. The average molecular weight is 503 g/mol. The molecule has 0 saturated heterocycles. The van der Waals surface area contributed by atoms with Crippen LogP contribution in [0.5, 0.6) is 0 Å². The van der Waals surface area contributed by atoms with Gasteiger partial charge in [-0.05, 0) is 31.0 Å². The lowest BCUT2D eigenvalue weighted by molar-refractivity contribution is -0.688. The number of aromatic nitrogens is 2. The molecule has 2 aromatic heterocycles. The minimum absolute atomic E-state index is 0. The number of hydrogen-bond acceptors (Lipinski definition) is 1. The van der Waals surface area contributed by atoms with Gasteiger partial charge in [-0.1, -0.05) is 36.4 Å². The molecule has 2 aromatic carbocycles. The van der Waals surface area contributed by atoms with Gasteiger partial charge in [-0.15, -0.1) is 0 Å². The van der Waals surface area contributed by atoms with Crippen molar-refractivity contribution in [1.82, 2.24) is 0 Å². The SMILES string of the molecule is Cc1cccc(C)c1-[n+]1ccc(-c2cc[n+](Cc3ccccc3P(=O)(O)O)cc2)cc1.[Cl-].[Cl-]. The van der Waals surface area contributed by atoms with Crippen molar-refractivity contribution < 1.29 is 48.3 Å². The number of nitrogens with zero attached hydrogens (tertiary/aromatic N) is 2. The van der Waals surface area contributed by atoms with Crippen LogP contribution in [0.4, 0.5) is 0 Å². The van der Waals surface area contributed by atoms with Gasteiger partial charge in [-0.2, -0.15) is 4.57 Å². The zero-order valence-corrected chi connectivity index (χ0v) is 20.7. The molecule has 0 atom stereocenters. The number of rotatable bonds is 5. The summed E-state index contributed by atoms with van der Waals surface area (Å²) in [5, 5.41) is 0.0747. The third-order valence-electron chi connectivity index (χ3n) is 5.41. The fourth-order valence-electron chi connectivity index (χ4n) is 3.86. The first-order valence-electron chi connectivity index (χ1n) is 10.0. The predicted octanol–water partition coefficient (Wildman–Crippen LogP) is -2.61. The maximum Gasteiger partial charge on any atom is 0.356 e. The van der Waals surface area contributed by atoms with Crippen LogP contribution in [0.1, 0.15) is 16.7 Å². The first kappa shape index (κ1) is 26.7. The van der Waals surface area contributed by atoms with Crippen LogP contribution in [0, 0.1) is 13.8 Å². The number of aryl methyl sites for hydroxylation is 2. The molecule has 33 heavy (non-hydrogen) atoms. The third kappa shape index (κ3) is 6.08. The molecular formula is C25H25Cl2N2O3P. The number of pyridine rings is 2. The van der Waals surface area contributed by atoms with Crippen molar-refractivity contribution in [2.45, 2.75) is 20.4 Å². The van der Waals surface area contributed by atoms with E-state index < -0.39 is 7.60 Å². The van der Waals surface area contributed by atoms with Gasteiger partial charge >= 0.3 is 7.60 Å². The van der Waals surface area contributed by atoms with Gasteiger partial charge in [0, 0.05) is 41.0 Å². The number of para-hydroxylation sites is 1. The van der Waals surface area contributed by atoms with Gasteiger partial charge in [0.05, 0.1) is 5.30 Å². The maximum absolute atomic E-state index is 11.7. The second-order valence-corrected chi connectivity index (χ2v) is 9.24. The average Bonchev–Trinajstić information content (AvgIpc) is 2.74. The van der Waals surface area contributed by atoms with Gasteiger partial charge in [-0.3, -0.25) is 4.57 Å². The first-order chi connectivity index (χ1) is 14.8. The summed E-state index contributed by atoms with van der Waals surface area (Å²) in [7, 11) is -4.30. The highest BCUT2D eigenvalue weighted by Crippen LogP contribution is 2.34. The zero-order valence-electron chi connectivity index (χ0n) is 18.3. The largest absolute Gasteiger partial charge is 1.00 e. The van der Waals surface area contributed by atoms with Crippen molar-refractivity contribution in [3.05, 3.63) is 108 Å². The van der Waals surface area contributed by atoms with Crippen molar-refractivity contribution in [2.75, 3.05) is 0 Å². The molecule has 0 unspecified atom stereocenters. The van der Waals surface area contributed by atoms with E-state index in [0.29, 0.717) is 12.1 Å². The topological polar surface area (TPSA) is 65.3 Å². The molecule has 8 heteroatoms. The Labute approximate surface area is 206 Å². The van der Waals surface area contributed by atoms with E-state index in [1.165, 1.54) is 22.9 Å². The highest BCUT2D eigenvalue weighted by atomic mass is 35.5. The van der Waals surface area contributed by atoms with Crippen molar-refractivity contribution in [2.24, 2.45) is 0 Å². The van der Waals surface area contributed by atoms with Gasteiger partial charge in [-0.25, -0.2) is 4.57 Å². The maximum atomic E-state index is 11.7. The van der Waals surface area contributed by atoms with Crippen LogP contribution < -0.4 is 39.3 Å². The predicted molar refractivity (Wildman–Crippen MR) is 120 cm³/mol. The summed E-state index contributed by atoms with van der Waals surface area (Å²) in [6, 6.07) is 21.2. The second-order valence-electron chi connectivity index (χ2n) is 7.67. The van der Waals surface area contributed by atoms with E-state index in [1.807, 2.05) is 29.1 Å². The summed E-state index contributed by atoms with van der Waals surface area (Å²) < 4.78 is 15.8. The van der Waals surface area contributed by atoms with E-state index in [4.69, 9.17) is 0 Å². The lowest BCUT2D eigenvalue weighted by Gasteiger charge is -2.08. The Balaban J connectivity index is 0.00000193. The van der Waals surface area contributed by atoms with Crippen LogP contribution in [0.3, 0.4) is 0 Å². The van der Waals surface area contributed by atoms with E-state index in [0.717, 1.165) is 11.1 Å². The normalized spacial score (nSPS) is 10.8.